The number of halogens is 1. The maximum atomic E-state index is 5.84. The molecular weight excluding hydrogens is 206 g/mol. The van der Waals surface area contributed by atoms with Gasteiger partial charge in [-0.05, 0) is 45.0 Å². The summed E-state index contributed by atoms with van der Waals surface area (Å²) in [4.78, 5) is 0. The molecule has 1 N–H and O–H groups in total. The summed E-state index contributed by atoms with van der Waals surface area (Å²) >= 11 is 5.84. The average Bonchev–Trinajstić information content (AvgIpc) is 2.19. The summed E-state index contributed by atoms with van der Waals surface area (Å²) in [6.07, 6.45) is 3.24. The topological polar surface area (TPSA) is 12.0 Å². The molecule has 1 aromatic carbocycles. The van der Waals surface area contributed by atoms with E-state index >= 15 is 0 Å². The van der Waals surface area contributed by atoms with Gasteiger partial charge in [0.1, 0.15) is 0 Å². The van der Waals surface area contributed by atoms with Crippen LogP contribution in [0.1, 0.15) is 19.4 Å². The van der Waals surface area contributed by atoms with E-state index in [0.29, 0.717) is 6.04 Å². The van der Waals surface area contributed by atoms with Gasteiger partial charge < -0.3 is 5.32 Å². The lowest BCUT2D eigenvalue weighted by Crippen LogP contribution is -2.25. The van der Waals surface area contributed by atoms with Crippen molar-refractivity contribution in [1.82, 2.24) is 5.32 Å². The van der Waals surface area contributed by atoms with E-state index in [9.17, 15) is 0 Å². The molecule has 1 atom stereocenters. The minimum Gasteiger partial charge on any atom is -0.313 e. The third-order valence-corrected chi connectivity index (χ3v) is 2.53. The summed E-state index contributed by atoms with van der Waals surface area (Å²) in [6.45, 7) is 4.23. The Morgan fingerprint density at radius 3 is 2.40 bits per heavy atom. The van der Waals surface area contributed by atoms with E-state index in [2.05, 4.69) is 37.4 Å². The normalized spacial score (nSPS) is 12.3. The van der Waals surface area contributed by atoms with E-state index in [1.54, 1.807) is 0 Å². The predicted octanol–water partition coefficient (Wildman–Crippen LogP) is 3.44. The summed E-state index contributed by atoms with van der Waals surface area (Å²) in [5, 5.41) is 4.08. The lowest BCUT2D eigenvalue weighted by atomic mass is 10.0. The standard InChI is InChI=1S/C13H18ClN/c1-10(2)8-13(15-3)9-11-4-6-12(14)7-5-11/h4-8,13,15H,9H2,1-3H3. The van der Waals surface area contributed by atoms with Crippen LogP contribution in [0.5, 0.6) is 0 Å². The number of hydrogen-bond donors (Lipinski definition) is 1. The first-order valence-corrected chi connectivity index (χ1v) is 5.56. The van der Waals surface area contributed by atoms with Gasteiger partial charge in [-0.25, -0.2) is 0 Å². The molecule has 0 aliphatic heterocycles. The molecule has 0 radical (unpaired) electrons. The van der Waals surface area contributed by atoms with E-state index in [-0.39, 0.29) is 0 Å². The van der Waals surface area contributed by atoms with Crippen molar-refractivity contribution in [3.63, 3.8) is 0 Å². The number of likely N-dealkylation sites (N-methyl/N-ethyl adjacent to an activating group) is 1. The number of benzene rings is 1. The van der Waals surface area contributed by atoms with E-state index in [1.807, 2.05) is 19.2 Å². The molecular formula is C13H18ClN. The molecule has 1 nitrogen and oxygen atoms in total. The Morgan fingerprint density at radius 1 is 1.33 bits per heavy atom. The van der Waals surface area contributed by atoms with Crippen molar-refractivity contribution >= 4 is 11.6 Å². The van der Waals surface area contributed by atoms with Crippen LogP contribution >= 0.6 is 11.6 Å². The minimum atomic E-state index is 0.399. The van der Waals surface area contributed by atoms with Gasteiger partial charge in [0.15, 0.2) is 0 Å². The van der Waals surface area contributed by atoms with E-state index in [0.717, 1.165) is 11.4 Å². The van der Waals surface area contributed by atoms with Gasteiger partial charge in [-0.1, -0.05) is 35.4 Å². The Kier molecular flexibility index (Phi) is 4.86. The van der Waals surface area contributed by atoms with Crippen LogP contribution in [0.25, 0.3) is 0 Å². The molecule has 82 valence electrons. The van der Waals surface area contributed by atoms with Gasteiger partial charge in [0, 0.05) is 11.1 Å². The monoisotopic (exact) mass is 223 g/mol. The van der Waals surface area contributed by atoms with Crippen LogP contribution in [-0.4, -0.2) is 13.1 Å². The Balaban J connectivity index is 2.67. The van der Waals surface area contributed by atoms with E-state index < -0.39 is 0 Å². The van der Waals surface area contributed by atoms with E-state index in [4.69, 9.17) is 11.6 Å². The highest BCUT2D eigenvalue weighted by Crippen LogP contribution is 2.11. The first-order chi connectivity index (χ1) is 7.11. The molecule has 0 amide bonds. The van der Waals surface area contributed by atoms with Gasteiger partial charge in [0.2, 0.25) is 0 Å². The Bertz CT molecular complexity index is 323. The molecule has 2 heteroatoms. The molecule has 0 spiro atoms. The summed E-state index contributed by atoms with van der Waals surface area (Å²) in [7, 11) is 1.99. The minimum absolute atomic E-state index is 0.399. The smallest absolute Gasteiger partial charge is 0.0406 e. The van der Waals surface area contributed by atoms with Gasteiger partial charge >= 0.3 is 0 Å². The highest BCUT2D eigenvalue weighted by molar-refractivity contribution is 6.30. The zero-order valence-electron chi connectivity index (χ0n) is 9.55. The van der Waals surface area contributed by atoms with Crippen molar-refractivity contribution in [2.75, 3.05) is 7.05 Å². The number of hydrogen-bond acceptors (Lipinski definition) is 1. The fourth-order valence-electron chi connectivity index (χ4n) is 1.52. The van der Waals surface area contributed by atoms with Gasteiger partial charge in [0.25, 0.3) is 0 Å². The number of rotatable bonds is 4. The average molecular weight is 224 g/mol. The Labute approximate surface area is 97.1 Å². The molecule has 0 saturated carbocycles. The van der Waals surface area contributed by atoms with Crippen molar-refractivity contribution < 1.29 is 0 Å². The van der Waals surface area contributed by atoms with Crippen LogP contribution in [-0.2, 0) is 6.42 Å². The molecule has 0 bridgehead atoms. The van der Waals surface area contributed by atoms with Gasteiger partial charge in [0.05, 0.1) is 0 Å². The molecule has 15 heavy (non-hydrogen) atoms. The second-order valence-corrected chi connectivity index (χ2v) is 4.41. The number of nitrogens with one attached hydrogen (secondary N) is 1. The van der Waals surface area contributed by atoms with Crippen LogP contribution in [0.4, 0.5) is 0 Å². The molecule has 1 unspecified atom stereocenters. The lowest BCUT2D eigenvalue weighted by Gasteiger charge is -2.12. The van der Waals surface area contributed by atoms with Crippen molar-refractivity contribution in [3.05, 3.63) is 46.5 Å². The van der Waals surface area contributed by atoms with E-state index in [1.165, 1.54) is 11.1 Å². The summed E-state index contributed by atoms with van der Waals surface area (Å²) in [5.41, 5.74) is 2.64. The van der Waals surface area contributed by atoms with Gasteiger partial charge in [-0.15, -0.1) is 0 Å². The van der Waals surface area contributed by atoms with Crippen molar-refractivity contribution in [3.8, 4) is 0 Å². The summed E-state index contributed by atoms with van der Waals surface area (Å²) in [6, 6.07) is 8.42. The first kappa shape index (κ1) is 12.3. The second-order valence-electron chi connectivity index (χ2n) is 3.97. The zero-order chi connectivity index (χ0) is 11.3. The van der Waals surface area contributed by atoms with Crippen molar-refractivity contribution in [2.45, 2.75) is 26.3 Å². The predicted molar refractivity (Wildman–Crippen MR) is 67.4 cm³/mol. The quantitative estimate of drug-likeness (QED) is 0.772. The van der Waals surface area contributed by atoms with Crippen LogP contribution in [0.2, 0.25) is 5.02 Å². The van der Waals surface area contributed by atoms with Crippen LogP contribution in [0.3, 0.4) is 0 Å². The molecule has 0 heterocycles. The van der Waals surface area contributed by atoms with Gasteiger partial charge in [-0.2, -0.15) is 0 Å². The Hall–Kier alpha value is -0.790. The number of allylic oxidation sites excluding steroid dienone is 1. The highest BCUT2D eigenvalue weighted by atomic mass is 35.5. The molecule has 0 aromatic heterocycles. The molecule has 0 saturated heterocycles. The molecule has 1 rings (SSSR count). The fraction of sp³-hybridized carbons (Fsp3) is 0.385. The van der Waals surface area contributed by atoms with Gasteiger partial charge in [-0.3, -0.25) is 0 Å². The largest absolute Gasteiger partial charge is 0.313 e. The van der Waals surface area contributed by atoms with Crippen molar-refractivity contribution in [2.24, 2.45) is 0 Å². The molecule has 0 aliphatic carbocycles. The second kappa shape index (κ2) is 5.94. The third-order valence-electron chi connectivity index (χ3n) is 2.27. The fourth-order valence-corrected chi connectivity index (χ4v) is 1.65. The molecule has 1 aromatic rings. The van der Waals surface area contributed by atoms with Crippen molar-refractivity contribution in [1.29, 1.82) is 0 Å². The summed E-state index contributed by atoms with van der Waals surface area (Å²) in [5.74, 6) is 0. The molecule has 0 fully saturated rings. The maximum Gasteiger partial charge on any atom is 0.0406 e. The lowest BCUT2D eigenvalue weighted by molar-refractivity contribution is 0.660. The zero-order valence-corrected chi connectivity index (χ0v) is 10.3. The van der Waals surface area contributed by atoms with Crippen LogP contribution in [0, 0.1) is 0 Å². The van der Waals surface area contributed by atoms with Crippen LogP contribution < -0.4 is 5.32 Å². The first-order valence-electron chi connectivity index (χ1n) is 5.18. The third kappa shape index (κ3) is 4.50. The Morgan fingerprint density at radius 2 is 1.93 bits per heavy atom. The summed E-state index contributed by atoms with van der Waals surface area (Å²) < 4.78 is 0. The maximum absolute atomic E-state index is 5.84. The molecule has 0 aliphatic rings. The highest BCUT2D eigenvalue weighted by Gasteiger charge is 2.03. The van der Waals surface area contributed by atoms with Crippen LogP contribution in [0.15, 0.2) is 35.9 Å². The SMILES string of the molecule is CNC(C=C(C)C)Cc1ccc(Cl)cc1.